The number of carbonyl (C=O) groups excluding carboxylic acids is 2. The molecule has 1 aromatic carbocycles. The SMILES string of the molecule is COC(=O)c1ccc2c(c1)CCN2C(=O)c1cc(S(=O)(=O)N2CCCC2)c(C)o1. The second kappa shape index (κ2) is 7.31. The van der Waals surface area contributed by atoms with Gasteiger partial charge in [-0.1, -0.05) is 0 Å². The number of fused-ring (bicyclic) bond motifs is 1. The fourth-order valence-corrected chi connectivity index (χ4v) is 5.56. The lowest BCUT2D eigenvalue weighted by atomic mass is 10.1. The molecule has 9 heteroatoms. The standard InChI is InChI=1S/C20H22N2O6S/c1-13-18(29(25,26)21-8-3-4-9-21)12-17(28-13)19(23)22-10-7-14-11-15(20(24)27-2)5-6-16(14)22/h5-6,11-12H,3-4,7-10H2,1-2H3. The summed E-state index contributed by atoms with van der Waals surface area (Å²) in [6, 6.07) is 6.34. The molecule has 0 saturated carbocycles. The first-order valence-corrected chi connectivity index (χ1v) is 10.9. The molecular weight excluding hydrogens is 396 g/mol. The van der Waals surface area contributed by atoms with Gasteiger partial charge in [0.25, 0.3) is 5.91 Å². The van der Waals surface area contributed by atoms with Crippen LogP contribution in [-0.4, -0.2) is 51.3 Å². The van der Waals surface area contributed by atoms with Crippen molar-refractivity contribution >= 4 is 27.6 Å². The first-order valence-electron chi connectivity index (χ1n) is 9.46. The third-order valence-corrected chi connectivity index (χ3v) is 7.41. The fraction of sp³-hybridized carbons (Fsp3) is 0.400. The van der Waals surface area contributed by atoms with Gasteiger partial charge in [-0.15, -0.1) is 0 Å². The summed E-state index contributed by atoms with van der Waals surface area (Å²) in [7, 11) is -2.35. The lowest BCUT2D eigenvalue weighted by Gasteiger charge is -2.16. The minimum atomic E-state index is -3.67. The minimum Gasteiger partial charge on any atom is -0.465 e. The van der Waals surface area contributed by atoms with E-state index in [2.05, 4.69) is 0 Å². The van der Waals surface area contributed by atoms with E-state index >= 15 is 0 Å². The van der Waals surface area contributed by atoms with Crippen LogP contribution in [0, 0.1) is 6.92 Å². The summed E-state index contributed by atoms with van der Waals surface area (Å²) >= 11 is 0. The zero-order chi connectivity index (χ0) is 20.8. The van der Waals surface area contributed by atoms with Gasteiger partial charge in [-0.05, 0) is 49.9 Å². The lowest BCUT2D eigenvalue weighted by Crippen LogP contribution is -2.29. The molecule has 2 aliphatic heterocycles. The molecule has 2 aliphatic rings. The van der Waals surface area contributed by atoms with Crippen LogP contribution in [0.5, 0.6) is 0 Å². The van der Waals surface area contributed by atoms with Gasteiger partial charge in [-0.2, -0.15) is 4.31 Å². The van der Waals surface area contributed by atoms with Crippen LogP contribution in [0.15, 0.2) is 33.6 Å². The zero-order valence-electron chi connectivity index (χ0n) is 16.3. The van der Waals surface area contributed by atoms with Crippen molar-refractivity contribution in [3.05, 3.63) is 46.9 Å². The smallest absolute Gasteiger partial charge is 0.337 e. The maximum atomic E-state index is 13.0. The fourth-order valence-electron chi connectivity index (χ4n) is 3.88. The van der Waals surface area contributed by atoms with Gasteiger partial charge in [0.05, 0.1) is 12.7 Å². The molecule has 29 heavy (non-hydrogen) atoms. The Kier molecular flexibility index (Phi) is 4.95. The molecule has 154 valence electrons. The first kappa shape index (κ1) is 19.7. The number of hydrogen-bond donors (Lipinski definition) is 0. The molecule has 0 spiro atoms. The van der Waals surface area contributed by atoms with Gasteiger partial charge in [0.2, 0.25) is 10.0 Å². The van der Waals surface area contributed by atoms with Crippen LogP contribution in [0.1, 0.15) is 45.1 Å². The van der Waals surface area contributed by atoms with Gasteiger partial charge in [0, 0.05) is 31.4 Å². The van der Waals surface area contributed by atoms with Crippen LogP contribution in [-0.2, 0) is 21.2 Å². The van der Waals surface area contributed by atoms with E-state index in [-0.39, 0.29) is 16.4 Å². The van der Waals surface area contributed by atoms with Crippen molar-refractivity contribution in [1.29, 1.82) is 0 Å². The maximum Gasteiger partial charge on any atom is 0.337 e. The Morgan fingerprint density at radius 2 is 1.83 bits per heavy atom. The normalized spacial score (nSPS) is 16.8. The number of carbonyl (C=O) groups is 2. The first-order chi connectivity index (χ1) is 13.8. The summed E-state index contributed by atoms with van der Waals surface area (Å²) < 4.78 is 37.4. The predicted octanol–water partition coefficient (Wildman–Crippen LogP) is 2.36. The third kappa shape index (κ3) is 3.34. The summed E-state index contributed by atoms with van der Waals surface area (Å²) in [5, 5.41) is 0. The van der Waals surface area contributed by atoms with Crippen LogP contribution < -0.4 is 4.90 Å². The zero-order valence-corrected chi connectivity index (χ0v) is 17.1. The van der Waals surface area contributed by atoms with E-state index in [0.717, 1.165) is 18.4 Å². The molecule has 0 unspecified atom stereocenters. The van der Waals surface area contributed by atoms with Gasteiger partial charge < -0.3 is 14.1 Å². The summed E-state index contributed by atoms with van der Waals surface area (Å²) in [6.45, 7) is 2.95. The number of furan rings is 1. The van der Waals surface area contributed by atoms with Crippen LogP contribution in [0.4, 0.5) is 5.69 Å². The number of aryl methyl sites for hydroxylation is 1. The van der Waals surface area contributed by atoms with Crippen molar-refractivity contribution in [2.24, 2.45) is 0 Å². The Balaban J connectivity index is 1.62. The summed E-state index contributed by atoms with van der Waals surface area (Å²) in [6.07, 6.45) is 2.25. The Morgan fingerprint density at radius 1 is 1.10 bits per heavy atom. The number of hydrogen-bond acceptors (Lipinski definition) is 6. The van der Waals surface area contributed by atoms with Crippen molar-refractivity contribution in [3.63, 3.8) is 0 Å². The molecule has 4 rings (SSSR count). The van der Waals surface area contributed by atoms with Gasteiger partial charge >= 0.3 is 5.97 Å². The number of amides is 1. The highest BCUT2D eigenvalue weighted by Crippen LogP contribution is 2.32. The van der Waals surface area contributed by atoms with Crippen molar-refractivity contribution in [3.8, 4) is 0 Å². The lowest BCUT2D eigenvalue weighted by molar-refractivity contribution is 0.0600. The number of nitrogens with zero attached hydrogens (tertiary/aromatic N) is 2. The highest BCUT2D eigenvalue weighted by molar-refractivity contribution is 7.89. The second-order valence-corrected chi connectivity index (χ2v) is 9.09. The van der Waals surface area contributed by atoms with Gasteiger partial charge in [0.1, 0.15) is 10.7 Å². The molecule has 1 saturated heterocycles. The van der Waals surface area contributed by atoms with E-state index < -0.39 is 21.9 Å². The topological polar surface area (TPSA) is 97.1 Å². The van der Waals surface area contributed by atoms with Crippen molar-refractivity contribution < 1.29 is 27.2 Å². The Bertz CT molecular complexity index is 1080. The average Bonchev–Trinajstić information content (AvgIpc) is 3.45. The molecule has 0 aliphatic carbocycles. The number of benzene rings is 1. The van der Waals surface area contributed by atoms with Crippen LogP contribution in [0.25, 0.3) is 0 Å². The van der Waals surface area contributed by atoms with Gasteiger partial charge in [-0.3, -0.25) is 4.79 Å². The minimum absolute atomic E-state index is 0.00911. The Labute approximate surface area is 169 Å². The van der Waals surface area contributed by atoms with Gasteiger partial charge in [0.15, 0.2) is 5.76 Å². The van der Waals surface area contributed by atoms with E-state index in [0.29, 0.717) is 37.3 Å². The molecule has 3 heterocycles. The second-order valence-electron chi connectivity index (χ2n) is 7.18. The number of esters is 1. The molecule has 0 bridgehead atoms. The molecule has 2 aromatic rings. The average molecular weight is 418 g/mol. The molecular formula is C20H22N2O6S. The number of sulfonamides is 1. The van der Waals surface area contributed by atoms with E-state index in [1.54, 1.807) is 30.0 Å². The van der Waals surface area contributed by atoms with Crippen LogP contribution >= 0.6 is 0 Å². The van der Waals surface area contributed by atoms with Crippen LogP contribution in [0.3, 0.4) is 0 Å². The number of rotatable bonds is 4. The summed E-state index contributed by atoms with van der Waals surface area (Å²) in [4.78, 5) is 26.3. The summed E-state index contributed by atoms with van der Waals surface area (Å²) in [5.74, 6) is -0.637. The Hall–Kier alpha value is -2.65. The highest BCUT2D eigenvalue weighted by atomic mass is 32.2. The molecule has 0 atom stereocenters. The molecule has 0 radical (unpaired) electrons. The third-order valence-electron chi connectivity index (χ3n) is 5.41. The van der Waals surface area contributed by atoms with E-state index in [4.69, 9.17) is 9.15 Å². The molecule has 8 nitrogen and oxygen atoms in total. The van der Waals surface area contributed by atoms with Gasteiger partial charge in [-0.25, -0.2) is 13.2 Å². The molecule has 1 aromatic heterocycles. The number of ether oxygens (including phenoxy) is 1. The van der Waals surface area contributed by atoms with Crippen molar-refractivity contribution in [2.45, 2.75) is 31.1 Å². The number of methoxy groups -OCH3 is 1. The van der Waals surface area contributed by atoms with E-state index in [1.807, 2.05) is 0 Å². The molecule has 1 amide bonds. The van der Waals surface area contributed by atoms with E-state index in [1.165, 1.54) is 17.5 Å². The quantitative estimate of drug-likeness (QED) is 0.707. The van der Waals surface area contributed by atoms with E-state index in [9.17, 15) is 18.0 Å². The van der Waals surface area contributed by atoms with Crippen molar-refractivity contribution in [2.75, 3.05) is 31.6 Å². The van der Waals surface area contributed by atoms with Crippen LogP contribution in [0.2, 0.25) is 0 Å². The Morgan fingerprint density at radius 3 is 2.52 bits per heavy atom. The molecule has 1 fully saturated rings. The molecule has 0 N–H and O–H groups in total. The highest BCUT2D eigenvalue weighted by Gasteiger charge is 2.34. The summed E-state index contributed by atoms with van der Waals surface area (Å²) in [5.41, 5.74) is 1.96. The number of anilines is 1. The van der Waals surface area contributed by atoms with Crippen molar-refractivity contribution in [1.82, 2.24) is 4.31 Å². The largest absolute Gasteiger partial charge is 0.465 e. The predicted molar refractivity (Wildman–Crippen MR) is 105 cm³/mol. The maximum absolute atomic E-state index is 13.0. The monoisotopic (exact) mass is 418 g/mol.